The minimum atomic E-state index is -1.24. The van der Waals surface area contributed by atoms with Gasteiger partial charge in [-0.25, -0.2) is 9.48 Å². The first kappa shape index (κ1) is 27.5. The second kappa shape index (κ2) is 11.8. The number of aromatic amines is 1. The van der Waals surface area contributed by atoms with Crippen LogP contribution in [0.2, 0.25) is 0 Å². The van der Waals surface area contributed by atoms with Crippen LogP contribution in [-0.2, 0) is 19.1 Å². The van der Waals surface area contributed by atoms with Gasteiger partial charge in [-0.15, -0.1) is 0 Å². The van der Waals surface area contributed by atoms with Crippen molar-refractivity contribution >= 4 is 23.9 Å². The summed E-state index contributed by atoms with van der Waals surface area (Å²) in [6, 6.07) is 8.58. The monoisotopic (exact) mass is 515 g/mol. The topological polar surface area (TPSA) is 143 Å². The summed E-state index contributed by atoms with van der Waals surface area (Å²) < 4.78 is 11.6. The molecule has 3 rings (SSSR count). The Labute approximate surface area is 214 Å². The average molecular weight is 516 g/mol. The highest BCUT2D eigenvalue weighted by Crippen LogP contribution is 2.13. The van der Waals surface area contributed by atoms with Gasteiger partial charge in [0.05, 0.1) is 18.7 Å². The zero-order valence-electron chi connectivity index (χ0n) is 21.5. The number of carbonyl (C=O) groups is 4. The molecular formula is C25H33N5O7. The zero-order chi connectivity index (χ0) is 27.2. The van der Waals surface area contributed by atoms with Gasteiger partial charge in [0.1, 0.15) is 17.3 Å². The minimum Gasteiger partial charge on any atom is -0.460 e. The molecule has 0 bridgehead atoms. The number of aromatic nitrogens is 2. The number of esters is 1. The van der Waals surface area contributed by atoms with Gasteiger partial charge in [0.2, 0.25) is 5.91 Å². The number of H-pyrrole nitrogens is 1. The highest BCUT2D eigenvalue weighted by atomic mass is 16.6. The molecule has 1 fully saturated rings. The van der Waals surface area contributed by atoms with E-state index in [1.807, 2.05) is 0 Å². The summed E-state index contributed by atoms with van der Waals surface area (Å²) in [6.07, 6.45) is -0.857. The van der Waals surface area contributed by atoms with Crippen molar-refractivity contribution in [1.82, 2.24) is 24.9 Å². The molecule has 0 saturated carbocycles. The minimum absolute atomic E-state index is 0.0667. The Bertz CT molecular complexity index is 1170. The predicted octanol–water partition coefficient (Wildman–Crippen LogP) is 1.30. The molecule has 0 radical (unpaired) electrons. The first-order valence-corrected chi connectivity index (χ1v) is 12.1. The number of para-hydroxylation sites is 1. The van der Waals surface area contributed by atoms with Crippen LogP contribution in [0.25, 0.3) is 5.69 Å². The second-order valence-electron chi connectivity index (χ2n) is 9.51. The number of amides is 3. The van der Waals surface area contributed by atoms with Crippen molar-refractivity contribution in [1.29, 1.82) is 0 Å². The van der Waals surface area contributed by atoms with Gasteiger partial charge in [-0.3, -0.25) is 24.3 Å². The van der Waals surface area contributed by atoms with Crippen LogP contribution in [0.5, 0.6) is 0 Å². The van der Waals surface area contributed by atoms with E-state index >= 15 is 0 Å². The summed E-state index contributed by atoms with van der Waals surface area (Å²) in [5, 5.41) is 5.31. The Morgan fingerprint density at radius 1 is 1.03 bits per heavy atom. The molecule has 37 heavy (non-hydrogen) atoms. The fourth-order valence-corrected chi connectivity index (χ4v) is 3.81. The molecule has 0 unspecified atom stereocenters. The Hall–Kier alpha value is -4.09. The summed E-state index contributed by atoms with van der Waals surface area (Å²) in [4.78, 5) is 66.3. The lowest BCUT2D eigenvalue weighted by molar-refractivity contribution is -0.157. The normalized spacial score (nSPS) is 14.6. The number of rotatable bonds is 7. The third-order valence-corrected chi connectivity index (χ3v) is 5.49. The number of ether oxygens (including phenoxy) is 2. The quantitative estimate of drug-likeness (QED) is 0.529. The van der Waals surface area contributed by atoms with Crippen LogP contribution in [-0.4, -0.2) is 87.9 Å². The van der Waals surface area contributed by atoms with E-state index in [9.17, 15) is 24.0 Å². The van der Waals surface area contributed by atoms with Crippen molar-refractivity contribution < 1.29 is 28.7 Å². The molecule has 12 heteroatoms. The van der Waals surface area contributed by atoms with E-state index in [0.717, 1.165) is 6.07 Å². The van der Waals surface area contributed by atoms with E-state index in [4.69, 9.17) is 9.47 Å². The Morgan fingerprint density at radius 2 is 1.65 bits per heavy atom. The van der Waals surface area contributed by atoms with Gasteiger partial charge in [-0.05, 0) is 39.8 Å². The molecule has 2 N–H and O–H groups in total. The van der Waals surface area contributed by atoms with Crippen molar-refractivity contribution in [2.45, 2.75) is 45.8 Å². The third-order valence-electron chi connectivity index (χ3n) is 5.49. The van der Waals surface area contributed by atoms with Crippen molar-refractivity contribution in [2.75, 3.05) is 32.8 Å². The van der Waals surface area contributed by atoms with Crippen LogP contribution >= 0.6 is 0 Å². The van der Waals surface area contributed by atoms with Crippen molar-refractivity contribution in [3.05, 3.63) is 52.4 Å². The Kier molecular flexibility index (Phi) is 8.74. The standard InChI is InChI=1S/C25H33N5O7/c1-5-36-24(35)29-13-11-28(12-14-29)23(34)19(16-21(32)37-25(2,3)4)26-22(33)18-15-20(31)30(27-18)17-9-7-6-8-10-17/h6-10,15,19,27H,5,11-14,16H2,1-4H3,(H,26,33)/t19-/m0/s1. The molecule has 0 aliphatic carbocycles. The van der Waals surface area contributed by atoms with Crippen LogP contribution in [0.3, 0.4) is 0 Å². The highest BCUT2D eigenvalue weighted by molar-refractivity contribution is 5.97. The largest absolute Gasteiger partial charge is 0.460 e. The summed E-state index contributed by atoms with van der Waals surface area (Å²) in [6.45, 7) is 7.98. The second-order valence-corrected chi connectivity index (χ2v) is 9.51. The summed E-state index contributed by atoms with van der Waals surface area (Å²) in [7, 11) is 0. The molecule has 12 nitrogen and oxygen atoms in total. The predicted molar refractivity (Wildman–Crippen MR) is 133 cm³/mol. The van der Waals surface area contributed by atoms with E-state index < -0.39 is 47.5 Å². The van der Waals surface area contributed by atoms with Gasteiger partial charge in [-0.2, -0.15) is 0 Å². The Morgan fingerprint density at radius 3 is 2.24 bits per heavy atom. The summed E-state index contributed by atoms with van der Waals surface area (Å²) >= 11 is 0. The SMILES string of the molecule is CCOC(=O)N1CCN(C(=O)[C@H](CC(=O)OC(C)(C)C)NC(=O)c2cc(=O)n(-c3ccccc3)[nH]2)CC1. The number of carbonyl (C=O) groups excluding carboxylic acids is 4. The third kappa shape index (κ3) is 7.45. The summed E-state index contributed by atoms with van der Waals surface area (Å²) in [5.74, 6) is -1.88. The molecule has 0 spiro atoms. The maximum absolute atomic E-state index is 13.4. The van der Waals surface area contributed by atoms with Crippen molar-refractivity contribution in [3.63, 3.8) is 0 Å². The zero-order valence-corrected chi connectivity index (χ0v) is 21.5. The van der Waals surface area contributed by atoms with E-state index in [-0.39, 0.29) is 38.5 Å². The fourth-order valence-electron chi connectivity index (χ4n) is 3.81. The lowest BCUT2D eigenvalue weighted by Crippen LogP contribution is -2.56. The molecule has 200 valence electrons. The van der Waals surface area contributed by atoms with Crippen LogP contribution in [0, 0.1) is 0 Å². The van der Waals surface area contributed by atoms with Crippen LogP contribution < -0.4 is 10.9 Å². The molecule has 1 aliphatic rings. The van der Waals surface area contributed by atoms with Gasteiger partial charge >= 0.3 is 12.1 Å². The van der Waals surface area contributed by atoms with Crippen LogP contribution in [0.15, 0.2) is 41.2 Å². The van der Waals surface area contributed by atoms with Gasteiger partial charge in [0.25, 0.3) is 11.5 Å². The molecule has 1 aromatic heterocycles. The first-order valence-electron chi connectivity index (χ1n) is 12.1. The molecule has 1 aliphatic heterocycles. The van der Waals surface area contributed by atoms with E-state index in [2.05, 4.69) is 10.4 Å². The molecule has 2 aromatic rings. The van der Waals surface area contributed by atoms with Gasteiger partial charge < -0.3 is 24.6 Å². The lowest BCUT2D eigenvalue weighted by Gasteiger charge is -2.36. The van der Waals surface area contributed by atoms with E-state index in [0.29, 0.717) is 5.69 Å². The fraction of sp³-hybridized carbons (Fsp3) is 0.480. The molecule has 1 aromatic carbocycles. The number of benzene rings is 1. The van der Waals surface area contributed by atoms with Crippen LogP contribution in [0.4, 0.5) is 4.79 Å². The Balaban J connectivity index is 1.75. The first-order chi connectivity index (χ1) is 17.5. The van der Waals surface area contributed by atoms with E-state index in [1.165, 1.54) is 14.5 Å². The molecule has 1 saturated heterocycles. The van der Waals surface area contributed by atoms with Crippen molar-refractivity contribution in [3.8, 4) is 5.69 Å². The lowest BCUT2D eigenvalue weighted by atomic mass is 10.1. The number of nitrogens with zero attached hydrogens (tertiary/aromatic N) is 3. The molecular weight excluding hydrogens is 482 g/mol. The maximum Gasteiger partial charge on any atom is 0.409 e. The molecule has 1 atom stereocenters. The number of hydrogen-bond donors (Lipinski definition) is 2. The van der Waals surface area contributed by atoms with Gasteiger partial charge in [0, 0.05) is 32.2 Å². The van der Waals surface area contributed by atoms with Crippen molar-refractivity contribution in [2.24, 2.45) is 0 Å². The van der Waals surface area contributed by atoms with Gasteiger partial charge in [0.15, 0.2) is 0 Å². The summed E-state index contributed by atoms with van der Waals surface area (Å²) in [5.41, 5.74) is -0.769. The maximum atomic E-state index is 13.4. The van der Waals surface area contributed by atoms with Gasteiger partial charge in [-0.1, -0.05) is 18.2 Å². The smallest absolute Gasteiger partial charge is 0.409 e. The number of nitrogens with one attached hydrogen (secondary N) is 2. The number of piperazine rings is 1. The highest BCUT2D eigenvalue weighted by Gasteiger charge is 2.33. The van der Waals surface area contributed by atoms with E-state index in [1.54, 1.807) is 58.0 Å². The molecule has 3 amide bonds. The number of hydrogen-bond acceptors (Lipinski definition) is 7. The average Bonchev–Trinajstić information content (AvgIpc) is 3.24. The molecule has 2 heterocycles. The van der Waals surface area contributed by atoms with Crippen LogP contribution in [0.1, 0.15) is 44.6 Å².